The molecule has 0 fully saturated rings. The van der Waals surface area contributed by atoms with E-state index in [1.54, 1.807) is 12.1 Å². The zero-order chi connectivity index (χ0) is 10.1. The lowest BCUT2D eigenvalue weighted by Crippen LogP contribution is -1.89. The summed E-state index contributed by atoms with van der Waals surface area (Å²) in [5.74, 6) is 0.0786. The van der Waals surface area contributed by atoms with E-state index < -0.39 is 0 Å². The van der Waals surface area contributed by atoms with Crippen LogP contribution in [0.3, 0.4) is 0 Å². The van der Waals surface area contributed by atoms with E-state index in [1.165, 1.54) is 19.2 Å². The summed E-state index contributed by atoms with van der Waals surface area (Å²) in [6.07, 6.45) is 0. The van der Waals surface area contributed by atoms with Gasteiger partial charge in [0.2, 0.25) is 5.88 Å². The molecule has 0 aliphatic heterocycles. The quantitative estimate of drug-likeness (QED) is 0.677. The monoisotopic (exact) mass is 211 g/mol. The zero-order valence-corrected chi connectivity index (χ0v) is 8.18. The molecule has 14 heavy (non-hydrogen) atoms. The van der Waals surface area contributed by atoms with Gasteiger partial charge in [0.05, 0.1) is 7.11 Å². The molecule has 1 aromatic carbocycles. The molecule has 0 radical (unpaired) electrons. The molecule has 0 bridgehead atoms. The van der Waals surface area contributed by atoms with Crippen LogP contribution in [0.15, 0.2) is 24.3 Å². The fourth-order valence-electron chi connectivity index (χ4n) is 1.27. The van der Waals surface area contributed by atoms with Crippen LogP contribution in [0.25, 0.3) is 10.8 Å². The SMILES string of the molecule is COc1cc2cc(F)ccc2c(Cl)n1. The second-order valence-corrected chi connectivity index (χ2v) is 3.18. The van der Waals surface area contributed by atoms with Crippen LogP contribution in [0.4, 0.5) is 4.39 Å². The molecular formula is C10H7ClFNO. The maximum Gasteiger partial charge on any atom is 0.214 e. The third-order valence-corrected chi connectivity index (χ3v) is 2.22. The molecule has 0 spiro atoms. The van der Waals surface area contributed by atoms with E-state index in [-0.39, 0.29) is 5.82 Å². The van der Waals surface area contributed by atoms with Gasteiger partial charge in [-0.25, -0.2) is 9.37 Å². The zero-order valence-electron chi connectivity index (χ0n) is 7.42. The smallest absolute Gasteiger partial charge is 0.214 e. The Hall–Kier alpha value is -1.35. The first kappa shape index (κ1) is 9.21. The lowest BCUT2D eigenvalue weighted by molar-refractivity contribution is 0.399. The number of ether oxygens (including phenoxy) is 1. The summed E-state index contributed by atoms with van der Waals surface area (Å²) in [4.78, 5) is 3.97. The second kappa shape index (κ2) is 3.42. The van der Waals surface area contributed by atoms with Crippen LogP contribution in [0, 0.1) is 5.82 Å². The van der Waals surface area contributed by atoms with Crippen molar-refractivity contribution in [3.63, 3.8) is 0 Å². The number of hydrogen-bond donors (Lipinski definition) is 0. The highest BCUT2D eigenvalue weighted by molar-refractivity contribution is 6.34. The third kappa shape index (κ3) is 1.51. The van der Waals surface area contributed by atoms with Gasteiger partial charge in [-0.15, -0.1) is 0 Å². The molecular weight excluding hydrogens is 205 g/mol. The Kier molecular flexibility index (Phi) is 2.25. The Morgan fingerprint density at radius 2 is 2.14 bits per heavy atom. The van der Waals surface area contributed by atoms with E-state index in [0.717, 1.165) is 0 Å². The minimum absolute atomic E-state index is 0.304. The van der Waals surface area contributed by atoms with Crippen LogP contribution in [0.5, 0.6) is 5.88 Å². The number of fused-ring (bicyclic) bond motifs is 1. The minimum Gasteiger partial charge on any atom is -0.481 e. The van der Waals surface area contributed by atoms with Crippen molar-refractivity contribution in [3.8, 4) is 5.88 Å². The average molecular weight is 212 g/mol. The predicted molar refractivity (Wildman–Crippen MR) is 53.3 cm³/mol. The van der Waals surface area contributed by atoms with E-state index in [4.69, 9.17) is 16.3 Å². The fourth-order valence-corrected chi connectivity index (χ4v) is 1.52. The molecule has 1 aromatic heterocycles. The molecule has 0 aliphatic carbocycles. The number of halogens is 2. The Morgan fingerprint density at radius 3 is 2.86 bits per heavy atom. The number of hydrogen-bond acceptors (Lipinski definition) is 2. The van der Waals surface area contributed by atoms with Gasteiger partial charge in [-0.3, -0.25) is 0 Å². The topological polar surface area (TPSA) is 22.1 Å². The molecule has 2 rings (SSSR count). The molecule has 0 saturated heterocycles. The highest BCUT2D eigenvalue weighted by Gasteiger charge is 2.04. The summed E-state index contributed by atoms with van der Waals surface area (Å²) in [7, 11) is 1.49. The van der Waals surface area contributed by atoms with E-state index in [1.807, 2.05) is 0 Å². The molecule has 0 atom stereocenters. The Labute approximate surface area is 85.3 Å². The highest BCUT2D eigenvalue weighted by atomic mass is 35.5. The molecule has 1 heterocycles. The van der Waals surface area contributed by atoms with Gasteiger partial charge in [0.15, 0.2) is 0 Å². The maximum atomic E-state index is 12.9. The van der Waals surface area contributed by atoms with Crippen molar-refractivity contribution in [2.45, 2.75) is 0 Å². The minimum atomic E-state index is -0.304. The van der Waals surface area contributed by atoms with Crippen LogP contribution in [-0.4, -0.2) is 12.1 Å². The molecule has 0 unspecified atom stereocenters. The lowest BCUT2D eigenvalue weighted by Gasteiger charge is -2.03. The van der Waals surface area contributed by atoms with Gasteiger partial charge in [-0.05, 0) is 23.6 Å². The van der Waals surface area contributed by atoms with Gasteiger partial charge in [-0.2, -0.15) is 0 Å². The summed E-state index contributed by atoms with van der Waals surface area (Å²) in [6.45, 7) is 0. The van der Waals surface area contributed by atoms with Crippen molar-refractivity contribution in [1.82, 2.24) is 4.98 Å². The average Bonchev–Trinajstić information content (AvgIpc) is 2.16. The van der Waals surface area contributed by atoms with Crippen molar-refractivity contribution in [2.24, 2.45) is 0 Å². The third-order valence-electron chi connectivity index (χ3n) is 1.93. The van der Waals surface area contributed by atoms with Gasteiger partial charge >= 0.3 is 0 Å². The Balaban J connectivity index is 2.77. The summed E-state index contributed by atoms with van der Waals surface area (Å²) in [5.41, 5.74) is 0. The Morgan fingerprint density at radius 1 is 1.36 bits per heavy atom. The van der Waals surface area contributed by atoms with Crippen LogP contribution in [-0.2, 0) is 0 Å². The predicted octanol–water partition coefficient (Wildman–Crippen LogP) is 3.04. The normalized spacial score (nSPS) is 10.5. The van der Waals surface area contributed by atoms with Crippen molar-refractivity contribution in [3.05, 3.63) is 35.2 Å². The highest BCUT2D eigenvalue weighted by Crippen LogP contribution is 2.25. The maximum absolute atomic E-state index is 12.9. The lowest BCUT2D eigenvalue weighted by atomic mass is 10.2. The van der Waals surface area contributed by atoms with Crippen molar-refractivity contribution in [1.29, 1.82) is 0 Å². The van der Waals surface area contributed by atoms with E-state index in [0.29, 0.717) is 21.8 Å². The number of rotatable bonds is 1. The number of methoxy groups -OCH3 is 1. The van der Waals surface area contributed by atoms with Crippen LogP contribution in [0.2, 0.25) is 5.15 Å². The van der Waals surface area contributed by atoms with Crippen LogP contribution < -0.4 is 4.74 Å². The van der Waals surface area contributed by atoms with Gasteiger partial charge in [0, 0.05) is 11.5 Å². The molecule has 4 heteroatoms. The number of aromatic nitrogens is 1. The molecule has 2 aromatic rings. The van der Waals surface area contributed by atoms with Gasteiger partial charge in [0.25, 0.3) is 0 Å². The summed E-state index contributed by atoms with van der Waals surface area (Å²) < 4.78 is 17.8. The van der Waals surface area contributed by atoms with Gasteiger partial charge in [0.1, 0.15) is 11.0 Å². The number of benzene rings is 1. The van der Waals surface area contributed by atoms with Crippen molar-refractivity contribution < 1.29 is 9.13 Å². The summed E-state index contributed by atoms with van der Waals surface area (Å²) in [6, 6.07) is 5.98. The molecule has 0 saturated carbocycles. The van der Waals surface area contributed by atoms with Crippen molar-refractivity contribution >= 4 is 22.4 Å². The van der Waals surface area contributed by atoms with E-state index in [9.17, 15) is 4.39 Å². The first-order valence-electron chi connectivity index (χ1n) is 4.00. The first-order valence-corrected chi connectivity index (χ1v) is 4.38. The standard InChI is InChI=1S/C10H7ClFNO/c1-14-9-5-6-4-7(12)2-3-8(6)10(11)13-9/h2-5H,1H3. The number of pyridine rings is 1. The van der Waals surface area contributed by atoms with Gasteiger partial charge in [-0.1, -0.05) is 11.6 Å². The van der Waals surface area contributed by atoms with E-state index in [2.05, 4.69) is 4.98 Å². The summed E-state index contributed by atoms with van der Waals surface area (Å²) >= 11 is 5.88. The summed E-state index contributed by atoms with van der Waals surface area (Å²) in [5, 5.41) is 1.72. The van der Waals surface area contributed by atoms with Crippen molar-refractivity contribution in [2.75, 3.05) is 7.11 Å². The molecule has 2 nitrogen and oxygen atoms in total. The first-order chi connectivity index (χ1) is 6.70. The Bertz CT molecular complexity index is 487. The largest absolute Gasteiger partial charge is 0.481 e. The molecule has 72 valence electrons. The van der Waals surface area contributed by atoms with E-state index >= 15 is 0 Å². The van der Waals surface area contributed by atoms with Crippen LogP contribution >= 0.6 is 11.6 Å². The molecule has 0 amide bonds. The number of nitrogens with zero attached hydrogens (tertiary/aromatic N) is 1. The second-order valence-electron chi connectivity index (χ2n) is 2.82. The fraction of sp³-hybridized carbons (Fsp3) is 0.100. The van der Waals surface area contributed by atoms with Crippen LogP contribution in [0.1, 0.15) is 0 Å². The molecule has 0 aliphatic rings. The van der Waals surface area contributed by atoms with Gasteiger partial charge < -0.3 is 4.74 Å². The molecule has 0 N–H and O–H groups in total.